The van der Waals surface area contributed by atoms with Crippen molar-refractivity contribution in [1.82, 2.24) is 0 Å². The number of nitrogens with two attached hydrogens (primary N) is 1. The zero-order chi connectivity index (χ0) is 12.5. The molecule has 1 amide bonds. The van der Waals surface area contributed by atoms with Crippen molar-refractivity contribution < 1.29 is 9.59 Å². The first kappa shape index (κ1) is 11.8. The number of Topliss-reactive ketones (excluding diaryl/α,β-unsaturated/α-hetero) is 1. The maximum Gasteiger partial charge on any atom is 0.244 e. The summed E-state index contributed by atoms with van der Waals surface area (Å²) in [4.78, 5) is 22.9. The van der Waals surface area contributed by atoms with E-state index in [1.165, 1.54) is 6.92 Å². The Morgan fingerprint density at radius 2 is 1.82 bits per heavy atom. The van der Waals surface area contributed by atoms with E-state index in [1.807, 2.05) is 0 Å². The molecule has 1 aliphatic carbocycles. The highest BCUT2D eigenvalue weighted by atomic mass is 16.2. The Hall–Kier alpha value is -1.68. The predicted octanol–water partition coefficient (Wildman–Crippen LogP) is 1.71. The number of hydrogen-bond donors (Lipinski definition) is 2. The molecule has 0 heterocycles. The van der Waals surface area contributed by atoms with E-state index in [-0.39, 0.29) is 11.7 Å². The summed E-state index contributed by atoms with van der Waals surface area (Å²) in [7, 11) is 0. The maximum atomic E-state index is 11.8. The molecule has 4 heteroatoms. The Morgan fingerprint density at radius 3 is 2.24 bits per heavy atom. The third-order valence-electron chi connectivity index (χ3n) is 3.25. The second-order valence-electron chi connectivity index (χ2n) is 4.60. The lowest BCUT2D eigenvalue weighted by Gasteiger charge is -2.36. The Kier molecular flexibility index (Phi) is 2.98. The lowest BCUT2D eigenvalue weighted by molar-refractivity contribution is -0.123. The topological polar surface area (TPSA) is 72.2 Å². The molecule has 1 aliphatic rings. The molecular formula is C13H16N2O2. The molecule has 0 radical (unpaired) electrons. The first-order chi connectivity index (χ1) is 8.01. The summed E-state index contributed by atoms with van der Waals surface area (Å²) in [6.07, 6.45) is 2.49. The largest absolute Gasteiger partial charge is 0.324 e. The Bertz CT molecular complexity index is 447. The van der Waals surface area contributed by atoms with Crippen LogP contribution in [0.2, 0.25) is 0 Å². The van der Waals surface area contributed by atoms with Gasteiger partial charge in [0, 0.05) is 11.3 Å². The van der Waals surface area contributed by atoms with E-state index in [1.54, 1.807) is 24.3 Å². The van der Waals surface area contributed by atoms with Crippen LogP contribution in [0.1, 0.15) is 36.5 Å². The van der Waals surface area contributed by atoms with Crippen molar-refractivity contribution in [2.24, 2.45) is 5.73 Å². The van der Waals surface area contributed by atoms with Crippen molar-refractivity contribution in [2.75, 3.05) is 5.32 Å². The Balaban J connectivity index is 2.04. The number of rotatable bonds is 3. The molecule has 17 heavy (non-hydrogen) atoms. The van der Waals surface area contributed by atoms with Crippen LogP contribution in [-0.2, 0) is 4.79 Å². The van der Waals surface area contributed by atoms with Gasteiger partial charge >= 0.3 is 0 Å². The van der Waals surface area contributed by atoms with Crippen LogP contribution in [-0.4, -0.2) is 17.2 Å². The number of amides is 1. The Labute approximate surface area is 100 Å². The number of ketones is 1. The van der Waals surface area contributed by atoms with Gasteiger partial charge in [-0.1, -0.05) is 0 Å². The molecule has 3 N–H and O–H groups in total. The van der Waals surface area contributed by atoms with E-state index in [0.717, 1.165) is 19.3 Å². The van der Waals surface area contributed by atoms with Crippen LogP contribution in [0.5, 0.6) is 0 Å². The summed E-state index contributed by atoms with van der Waals surface area (Å²) in [6.45, 7) is 1.51. The lowest BCUT2D eigenvalue weighted by Crippen LogP contribution is -2.56. The maximum absolute atomic E-state index is 11.8. The van der Waals surface area contributed by atoms with Crippen LogP contribution >= 0.6 is 0 Å². The molecule has 1 aromatic rings. The first-order valence-electron chi connectivity index (χ1n) is 5.73. The minimum absolute atomic E-state index is 0.0113. The predicted molar refractivity (Wildman–Crippen MR) is 65.8 cm³/mol. The summed E-state index contributed by atoms with van der Waals surface area (Å²) in [5.74, 6) is -0.128. The zero-order valence-electron chi connectivity index (χ0n) is 9.82. The van der Waals surface area contributed by atoms with Crippen molar-refractivity contribution in [3.05, 3.63) is 29.8 Å². The first-order valence-corrected chi connectivity index (χ1v) is 5.73. The summed E-state index contributed by atoms with van der Waals surface area (Å²) in [6, 6.07) is 6.83. The molecule has 0 saturated heterocycles. The summed E-state index contributed by atoms with van der Waals surface area (Å²) < 4.78 is 0. The van der Waals surface area contributed by atoms with Crippen LogP contribution in [0, 0.1) is 0 Å². The average Bonchev–Trinajstić information content (AvgIpc) is 2.26. The zero-order valence-corrected chi connectivity index (χ0v) is 9.82. The normalized spacial score (nSPS) is 17.1. The van der Waals surface area contributed by atoms with Gasteiger partial charge < -0.3 is 11.1 Å². The van der Waals surface area contributed by atoms with Gasteiger partial charge in [-0.05, 0) is 50.5 Å². The van der Waals surface area contributed by atoms with Gasteiger partial charge in [-0.2, -0.15) is 0 Å². The lowest BCUT2D eigenvalue weighted by atomic mass is 9.77. The minimum atomic E-state index is -0.695. The van der Waals surface area contributed by atoms with Crippen LogP contribution < -0.4 is 11.1 Å². The van der Waals surface area contributed by atoms with Crippen molar-refractivity contribution in [3.63, 3.8) is 0 Å². The summed E-state index contributed by atoms with van der Waals surface area (Å²) in [5, 5.41) is 2.78. The van der Waals surface area contributed by atoms with Gasteiger partial charge in [-0.25, -0.2) is 0 Å². The van der Waals surface area contributed by atoms with Crippen LogP contribution in [0.4, 0.5) is 5.69 Å². The van der Waals surface area contributed by atoms with Gasteiger partial charge in [0.15, 0.2) is 5.78 Å². The second-order valence-corrected chi connectivity index (χ2v) is 4.60. The van der Waals surface area contributed by atoms with Crippen molar-refractivity contribution >= 4 is 17.4 Å². The molecule has 2 rings (SSSR count). The number of nitrogens with one attached hydrogen (secondary N) is 1. The average molecular weight is 232 g/mol. The van der Waals surface area contributed by atoms with E-state index in [2.05, 4.69) is 5.32 Å². The molecule has 0 bridgehead atoms. The van der Waals surface area contributed by atoms with Crippen LogP contribution in [0.15, 0.2) is 24.3 Å². The smallest absolute Gasteiger partial charge is 0.244 e. The van der Waals surface area contributed by atoms with Gasteiger partial charge in [0.05, 0.1) is 5.54 Å². The number of carbonyl (C=O) groups excluding carboxylic acids is 2. The highest BCUT2D eigenvalue weighted by molar-refractivity contribution is 5.99. The van der Waals surface area contributed by atoms with E-state index >= 15 is 0 Å². The van der Waals surface area contributed by atoms with Gasteiger partial charge in [0.25, 0.3) is 0 Å². The number of anilines is 1. The molecule has 0 aliphatic heterocycles. The molecule has 1 aromatic carbocycles. The van der Waals surface area contributed by atoms with E-state index in [9.17, 15) is 9.59 Å². The van der Waals surface area contributed by atoms with Crippen LogP contribution in [0.3, 0.4) is 0 Å². The SMILES string of the molecule is CC(=O)c1ccc(NC(=O)C2(N)CCC2)cc1. The van der Waals surface area contributed by atoms with Gasteiger partial charge in [-0.3, -0.25) is 9.59 Å². The van der Waals surface area contributed by atoms with Crippen LogP contribution in [0.25, 0.3) is 0 Å². The molecule has 4 nitrogen and oxygen atoms in total. The third-order valence-corrected chi connectivity index (χ3v) is 3.25. The molecule has 0 atom stereocenters. The number of carbonyl (C=O) groups is 2. The number of hydrogen-bond acceptors (Lipinski definition) is 3. The molecule has 0 unspecified atom stereocenters. The Morgan fingerprint density at radius 1 is 1.24 bits per heavy atom. The fourth-order valence-electron chi connectivity index (χ4n) is 1.83. The van der Waals surface area contributed by atoms with Gasteiger partial charge in [-0.15, -0.1) is 0 Å². The molecular weight excluding hydrogens is 216 g/mol. The summed E-state index contributed by atoms with van der Waals surface area (Å²) >= 11 is 0. The molecule has 1 saturated carbocycles. The molecule has 90 valence electrons. The van der Waals surface area contributed by atoms with E-state index in [0.29, 0.717) is 11.3 Å². The second kappa shape index (κ2) is 4.30. The van der Waals surface area contributed by atoms with Crippen molar-refractivity contribution in [1.29, 1.82) is 0 Å². The highest BCUT2D eigenvalue weighted by Crippen LogP contribution is 2.30. The van der Waals surface area contributed by atoms with E-state index < -0.39 is 5.54 Å². The van der Waals surface area contributed by atoms with Crippen molar-refractivity contribution in [3.8, 4) is 0 Å². The fraction of sp³-hybridized carbons (Fsp3) is 0.385. The van der Waals surface area contributed by atoms with Crippen molar-refractivity contribution in [2.45, 2.75) is 31.7 Å². The molecule has 0 aromatic heterocycles. The van der Waals surface area contributed by atoms with Gasteiger partial charge in [0.2, 0.25) is 5.91 Å². The minimum Gasteiger partial charge on any atom is -0.324 e. The van der Waals surface area contributed by atoms with Gasteiger partial charge in [0.1, 0.15) is 0 Å². The molecule has 0 spiro atoms. The number of benzene rings is 1. The third kappa shape index (κ3) is 2.36. The molecule has 1 fully saturated rings. The standard InChI is InChI=1S/C13H16N2O2/c1-9(16)10-3-5-11(6-4-10)15-12(17)13(14)7-2-8-13/h3-6H,2,7-8,14H2,1H3,(H,15,17). The quantitative estimate of drug-likeness (QED) is 0.779. The summed E-state index contributed by atoms with van der Waals surface area (Å²) in [5.41, 5.74) is 6.52. The monoisotopic (exact) mass is 232 g/mol. The van der Waals surface area contributed by atoms with E-state index in [4.69, 9.17) is 5.73 Å². The highest BCUT2D eigenvalue weighted by Gasteiger charge is 2.40. The fourth-order valence-corrected chi connectivity index (χ4v) is 1.83.